The van der Waals surface area contributed by atoms with Gasteiger partial charge in [0, 0.05) is 0 Å². The summed E-state index contributed by atoms with van der Waals surface area (Å²) in [6.07, 6.45) is 43.5. The molecule has 0 fully saturated rings. The van der Waals surface area contributed by atoms with E-state index < -0.39 is 0 Å². The minimum Gasteiger partial charge on any atom is -1.00 e. The van der Waals surface area contributed by atoms with Crippen LogP contribution in [0.5, 0.6) is 0 Å². The summed E-state index contributed by atoms with van der Waals surface area (Å²) in [5.41, 5.74) is 0. The van der Waals surface area contributed by atoms with Gasteiger partial charge < -0.3 is 33.8 Å². The van der Waals surface area contributed by atoms with Crippen LogP contribution in [-0.2, 0) is 0 Å². The van der Waals surface area contributed by atoms with E-state index in [-0.39, 0.29) is 24.8 Å². The molecule has 0 N–H and O–H groups in total. The van der Waals surface area contributed by atoms with Crippen LogP contribution in [0.15, 0.2) is 0 Å². The van der Waals surface area contributed by atoms with Crippen molar-refractivity contribution in [2.75, 3.05) is 54.4 Å². The van der Waals surface area contributed by atoms with E-state index in [2.05, 4.69) is 42.0 Å². The largest absolute Gasteiger partial charge is 1.00 e. The second-order valence-corrected chi connectivity index (χ2v) is 15.7. The molecule has 2 nitrogen and oxygen atoms in total. The van der Waals surface area contributed by atoms with Crippen LogP contribution in [0.25, 0.3) is 0 Å². The van der Waals surface area contributed by atoms with Crippen LogP contribution in [-0.4, -0.2) is 63.3 Å². The van der Waals surface area contributed by atoms with E-state index in [0.29, 0.717) is 0 Å². The Morgan fingerprint density at radius 2 is 0.364 bits per heavy atom. The molecule has 0 bridgehead atoms. The van der Waals surface area contributed by atoms with E-state index in [1.165, 1.54) is 228 Å². The molecule has 0 amide bonds. The average molecular weight is 666 g/mol. The molecule has 0 saturated carbocycles. The second kappa shape index (κ2) is 36.3. The van der Waals surface area contributed by atoms with Gasteiger partial charge in [0.25, 0.3) is 0 Å². The summed E-state index contributed by atoms with van der Waals surface area (Å²) >= 11 is 0. The molecular weight excluding hydrogens is 579 g/mol. The van der Waals surface area contributed by atoms with Gasteiger partial charge in [-0.3, -0.25) is 0 Å². The van der Waals surface area contributed by atoms with Gasteiger partial charge in [0.05, 0.1) is 54.4 Å². The molecule has 0 rings (SSSR count). The van der Waals surface area contributed by atoms with Gasteiger partial charge in [0.2, 0.25) is 0 Å². The van der Waals surface area contributed by atoms with Gasteiger partial charge in [-0.2, -0.15) is 0 Å². The number of nitrogens with zero attached hydrogens (tertiary/aromatic N) is 2. The Labute approximate surface area is 293 Å². The van der Waals surface area contributed by atoms with Gasteiger partial charge in [0.15, 0.2) is 0 Å². The first-order chi connectivity index (χ1) is 20.3. The van der Waals surface area contributed by atoms with Gasteiger partial charge in [-0.1, -0.05) is 155 Å². The van der Waals surface area contributed by atoms with Crippen molar-refractivity contribution in [2.24, 2.45) is 0 Å². The molecule has 0 radical (unpaired) electrons. The number of rotatable bonds is 35. The molecule has 0 atom stereocenters. The monoisotopic (exact) mass is 665 g/mol. The van der Waals surface area contributed by atoms with E-state index in [9.17, 15) is 0 Å². The Hall–Kier alpha value is 0.500. The number of quaternary nitrogens is 2. The molecule has 0 heterocycles. The Bertz CT molecular complexity index is 478. The second-order valence-electron chi connectivity index (χ2n) is 15.7. The number of halogens is 2. The molecule has 0 aromatic rings. The lowest BCUT2D eigenvalue weighted by Crippen LogP contribution is -3.00. The summed E-state index contributed by atoms with van der Waals surface area (Å²) in [5, 5.41) is 0. The van der Waals surface area contributed by atoms with Gasteiger partial charge in [-0.05, 0) is 51.4 Å². The number of unbranched alkanes of at least 4 members (excludes halogenated alkanes) is 27. The third kappa shape index (κ3) is 38.7. The van der Waals surface area contributed by atoms with E-state index in [1.807, 2.05) is 0 Å². The summed E-state index contributed by atoms with van der Waals surface area (Å²) in [6, 6.07) is 0. The maximum Gasteiger partial charge on any atom is 0.0782 e. The lowest BCUT2D eigenvalue weighted by atomic mass is 10.0. The van der Waals surface area contributed by atoms with Crippen LogP contribution in [0.3, 0.4) is 0 Å². The normalized spacial score (nSPS) is 11.9. The quantitative estimate of drug-likeness (QED) is 0.0511. The Morgan fingerprint density at radius 1 is 0.227 bits per heavy atom. The third-order valence-corrected chi connectivity index (χ3v) is 10.0. The van der Waals surface area contributed by atoms with E-state index in [4.69, 9.17) is 0 Å². The zero-order valence-corrected chi connectivity index (χ0v) is 33.2. The van der Waals surface area contributed by atoms with Crippen LogP contribution < -0.4 is 24.8 Å². The molecule has 0 spiro atoms. The molecule has 0 unspecified atom stereocenters. The number of hydrogen-bond acceptors (Lipinski definition) is 0. The summed E-state index contributed by atoms with van der Waals surface area (Å²) in [5.74, 6) is 0. The molecule has 0 aromatic heterocycles. The smallest absolute Gasteiger partial charge is 0.0782 e. The fourth-order valence-corrected chi connectivity index (χ4v) is 6.77. The molecule has 0 aliphatic heterocycles. The molecule has 0 aromatic carbocycles. The Balaban J connectivity index is -0.00000840. The molecule has 0 saturated heterocycles. The fraction of sp³-hybridized carbons (Fsp3) is 1.00. The van der Waals surface area contributed by atoms with Crippen molar-refractivity contribution in [3.8, 4) is 0 Å². The van der Waals surface area contributed by atoms with Gasteiger partial charge in [0.1, 0.15) is 0 Å². The first-order valence-corrected chi connectivity index (χ1v) is 20.0. The standard InChI is InChI=1S/C40H86N2.2ClH/c1-7-9-11-13-15-17-19-21-23-25-29-33-37-41(3,4)39-35-31-27-28-32-36-40-42(5,6)38-34-30-26-24-22-20-18-16-14-12-10-8-2;;/h7-40H2,1-6H3;2*1H/q+2;;/p-2. The fourth-order valence-electron chi connectivity index (χ4n) is 6.77. The third-order valence-electron chi connectivity index (χ3n) is 10.0. The zero-order valence-electron chi connectivity index (χ0n) is 31.7. The van der Waals surface area contributed by atoms with Crippen LogP contribution in [0.1, 0.15) is 206 Å². The van der Waals surface area contributed by atoms with Crippen LogP contribution >= 0.6 is 0 Å². The highest BCUT2D eigenvalue weighted by molar-refractivity contribution is 4.52. The highest BCUT2D eigenvalue weighted by Crippen LogP contribution is 2.16. The van der Waals surface area contributed by atoms with Crippen molar-refractivity contribution in [3.05, 3.63) is 0 Å². The average Bonchev–Trinajstić information content (AvgIpc) is 2.95. The SMILES string of the molecule is CCCCCCCCCCCCCC[N+](C)(C)CCCCCCCC[N+](C)(C)CCCCCCCCCCCCCC.[Cl-].[Cl-]. The van der Waals surface area contributed by atoms with Crippen LogP contribution in [0.4, 0.5) is 0 Å². The Kier molecular flexibility index (Phi) is 40.4. The van der Waals surface area contributed by atoms with Crippen LogP contribution in [0, 0.1) is 0 Å². The summed E-state index contributed by atoms with van der Waals surface area (Å²) < 4.78 is 2.48. The predicted molar refractivity (Wildman–Crippen MR) is 194 cm³/mol. The van der Waals surface area contributed by atoms with E-state index in [1.54, 1.807) is 0 Å². The first-order valence-electron chi connectivity index (χ1n) is 20.0. The van der Waals surface area contributed by atoms with Crippen molar-refractivity contribution >= 4 is 0 Å². The summed E-state index contributed by atoms with van der Waals surface area (Å²) in [4.78, 5) is 0. The highest BCUT2D eigenvalue weighted by Gasteiger charge is 2.15. The maximum atomic E-state index is 2.47. The lowest BCUT2D eigenvalue weighted by molar-refractivity contribution is -0.890. The van der Waals surface area contributed by atoms with Gasteiger partial charge in [-0.25, -0.2) is 0 Å². The summed E-state index contributed by atoms with van der Waals surface area (Å²) in [6.45, 7) is 10.1. The van der Waals surface area contributed by atoms with E-state index in [0.717, 1.165) is 0 Å². The van der Waals surface area contributed by atoms with Crippen molar-refractivity contribution in [1.29, 1.82) is 0 Å². The molecular formula is C40H86Cl2N2. The van der Waals surface area contributed by atoms with Crippen LogP contribution in [0.2, 0.25) is 0 Å². The van der Waals surface area contributed by atoms with Crippen molar-refractivity contribution in [1.82, 2.24) is 0 Å². The highest BCUT2D eigenvalue weighted by atomic mass is 35.5. The first kappa shape index (κ1) is 48.9. The molecule has 4 heteroatoms. The minimum atomic E-state index is 0. The maximum absolute atomic E-state index is 2.47. The van der Waals surface area contributed by atoms with Crippen molar-refractivity contribution < 1.29 is 33.8 Å². The Morgan fingerprint density at radius 3 is 0.523 bits per heavy atom. The van der Waals surface area contributed by atoms with Crippen molar-refractivity contribution in [2.45, 2.75) is 206 Å². The minimum absolute atomic E-state index is 0. The van der Waals surface area contributed by atoms with Crippen molar-refractivity contribution in [3.63, 3.8) is 0 Å². The topological polar surface area (TPSA) is 0 Å². The number of hydrogen-bond donors (Lipinski definition) is 0. The molecule has 0 aliphatic carbocycles. The summed E-state index contributed by atoms with van der Waals surface area (Å²) in [7, 11) is 9.87. The van der Waals surface area contributed by atoms with Gasteiger partial charge >= 0.3 is 0 Å². The lowest BCUT2D eigenvalue weighted by Gasteiger charge is -2.30. The van der Waals surface area contributed by atoms with Gasteiger partial charge in [-0.15, -0.1) is 0 Å². The predicted octanol–water partition coefficient (Wildman–Crippen LogP) is 6.89. The molecule has 44 heavy (non-hydrogen) atoms. The zero-order chi connectivity index (χ0) is 31.0. The molecule has 0 aliphatic rings. The molecule has 270 valence electrons. The van der Waals surface area contributed by atoms with E-state index >= 15 is 0 Å².